The van der Waals surface area contributed by atoms with Crippen LogP contribution in [0.25, 0.3) is 33.6 Å². The van der Waals surface area contributed by atoms with Gasteiger partial charge in [-0.3, -0.25) is 19.9 Å². The zero-order valence-corrected chi connectivity index (χ0v) is 32.7. The number of imidazole rings is 2. The third-order valence-electron chi connectivity index (χ3n) is 11.2. The standard InChI is InChI=1S/C43H51N9O5/c1-4-27(2)38(57-43(44)55)42(54)52-22-8-11-37(52)40-47-25-35(50-40)31-18-14-29(15-19-31)28-12-16-30(17-13-28)34-24-46-39(49-34)36-10-7-21-51(36)41(53)33(48-26-56-3)23-32-9-5-6-20-45-32/h5-6,9,12-20,24-25,27,33,36-38,48H,4,7-8,10-11,21-23,26H2,1-3H3,(H2,44,55)(H,46,49)(H,47,50)/t27?,33-,36?,37-,38-/m0/s1. The number of nitrogens with two attached hydrogens (primary N) is 1. The van der Waals surface area contributed by atoms with Gasteiger partial charge in [0.25, 0.3) is 5.91 Å². The maximum atomic E-state index is 13.9. The lowest BCUT2D eigenvalue weighted by molar-refractivity contribution is -0.144. The molecule has 5 atom stereocenters. The minimum atomic E-state index is -0.948. The number of nitrogens with zero attached hydrogens (tertiary/aromatic N) is 5. The van der Waals surface area contributed by atoms with Gasteiger partial charge in [-0.05, 0) is 66.5 Å². The second-order valence-electron chi connectivity index (χ2n) is 14.9. The van der Waals surface area contributed by atoms with Gasteiger partial charge in [0.15, 0.2) is 6.10 Å². The number of pyridine rings is 1. The van der Waals surface area contributed by atoms with Gasteiger partial charge < -0.3 is 35.0 Å². The largest absolute Gasteiger partial charge is 0.436 e. The molecule has 5 aromatic rings. The number of carbonyl (C=O) groups is 3. The molecule has 2 unspecified atom stereocenters. The van der Waals surface area contributed by atoms with Crippen molar-refractivity contribution in [2.24, 2.45) is 11.7 Å². The molecule has 0 spiro atoms. The van der Waals surface area contributed by atoms with Crippen molar-refractivity contribution in [3.8, 4) is 33.6 Å². The number of benzene rings is 2. The Labute approximate surface area is 332 Å². The van der Waals surface area contributed by atoms with Crippen LogP contribution in [0.2, 0.25) is 0 Å². The molecule has 0 radical (unpaired) electrons. The fourth-order valence-corrected chi connectivity index (χ4v) is 7.89. The Morgan fingerprint density at radius 2 is 1.35 bits per heavy atom. The number of ether oxygens (including phenoxy) is 2. The normalized spacial score (nSPS) is 18.4. The van der Waals surface area contributed by atoms with E-state index in [2.05, 4.69) is 73.8 Å². The van der Waals surface area contributed by atoms with Crippen molar-refractivity contribution in [2.75, 3.05) is 26.9 Å². The number of methoxy groups -OCH3 is 1. The highest BCUT2D eigenvalue weighted by molar-refractivity contribution is 5.84. The van der Waals surface area contributed by atoms with Crippen LogP contribution in [0.15, 0.2) is 85.3 Å². The van der Waals surface area contributed by atoms with Crippen molar-refractivity contribution >= 4 is 17.9 Å². The van der Waals surface area contributed by atoms with Gasteiger partial charge in [0.1, 0.15) is 11.6 Å². The highest BCUT2D eigenvalue weighted by atomic mass is 16.6. The summed E-state index contributed by atoms with van der Waals surface area (Å²) in [4.78, 5) is 63.4. The fourth-order valence-electron chi connectivity index (χ4n) is 7.89. The van der Waals surface area contributed by atoms with Crippen molar-refractivity contribution in [3.05, 3.63) is 103 Å². The molecule has 0 aliphatic carbocycles. The van der Waals surface area contributed by atoms with Crippen LogP contribution in [-0.4, -0.2) is 91.7 Å². The SMILES string of the molecule is CCC(C)[C@H](OC(N)=O)C(=O)N1CCC[C@H]1c1ncc(-c2ccc(-c3ccc(-c4cnc(C5CCCN5C(=O)[C@H](Cc5ccccn5)NCOC)[nH]4)cc3)cc2)[nH]1. The zero-order valence-electron chi connectivity index (χ0n) is 32.7. The van der Waals surface area contributed by atoms with Crippen LogP contribution in [0, 0.1) is 5.92 Å². The highest BCUT2D eigenvalue weighted by Crippen LogP contribution is 2.35. The molecule has 298 valence electrons. The molecule has 57 heavy (non-hydrogen) atoms. The van der Waals surface area contributed by atoms with E-state index in [0.29, 0.717) is 31.8 Å². The lowest BCUT2D eigenvalue weighted by Crippen LogP contribution is -2.48. The summed E-state index contributed by atoms with van der Waals surface area (Å²) >= 11 is 0. The number of hydrogen-bond acceptors (Lipinski definition) is 9. The van der Waals surface area contributed by atoms with Crippen LogP contribution < -0.4 is 11.1 Å². The lowest BCUT2D eigenvalue weighted by atomic mass is 10.00. The minimum Gasteiger partial charge on any atom is -0.436 e. The third-order valence-corrected chi connectivity index (χ3v) is 11.2. The molecule has 2 fully saturated rings. The maximum absolute atomic E-state index is 13.9. The predicted molar refractivity (Wildman–Crippen MR) is 215 cm³/mol. The average Bonchev–Trinajstić information content (AvgIpc) is 4.08. The maximum Gasteiger partial charge on any atom is 0.405 e. The molecule has 2 aliphatic heterocycles. The number of amides is 3. The Morgan fingerprint density at radius 1 is 0.807 bits per heavy atom. The summed E-state index contributed by atoms with van der Waals surface area (Å²) in [5, 5.41) is 3.24. The summed E-state index contributed by atoms with van der Waals surface area (Å²) in [5.74, 6) is 1.09. The number of rotatable bonds is 15. The van der Waals surface area contributed by atoms with Gasteiger partial charge in [-0.2, -0.15) is 0 Å². The van der Waals surface area contributed by atoms with Crippen molar-refractivity contribution in [2.45, 2.75) is 76.6 Å². The first-order chi connectivity index (χ1) is 27.7. The summed E-state index contributed by atoms with van der Waals surface area (Å²) in [5.41, 5.74) is 12.0. The highest BCUT2D eigenvalue weighted by Gasteiger charge is 2.39. The molecule has 7 rings (SSSR count). The number of likely N-dealkylation sites (tertiary alicyclic amines) is 2. The molecular formula is C43H51N9O5. The van der Waals surface area contributed by atoms with Crippen LogP contribution in [0.1, 0.15) is 75.4 Å². The molecular weight excluding hydrogens is 723 g/mol. The van der Waals surface area contributed by atoms with Gasteiger partial charge in [0.2, 0.25) is 5.91 Å². The van der Waals surface area contributed by atoms with E-state index in [1.165, 1.54) is 0 Å². The molecule has 5 N–H and O–H groups in total. The number of primary amides is 1. The molecule has 3 amide bonds. The molecule has 2 aliphatic rings. The third kappa shape index (κ3) is 8.92. The fraction of sp³-hybridized carbons (Fsp3) is 0.395. The number of aromatic nitrogens is 5. The quantitative estimate of drug-likeness (QED) is 0.0904. The van der Waals surface area contributed by atoms with E-state index in [4.69, 9.17) is 20.2 Å². The van der Waals surface area contributed by atoms with Crippen LogP contribution in [0.5, 0.6) is 0 Å². The van der Waals surface area contributed by atoms with Crippen LogP contribution in [-0.2, 0) is 25.5 Å². The predicted octanol–water partition coefficient (Wildman–Crippen LogP) is 6.17. The van der Waals surface area contributed by atoms with Crippen molar-refractivity contribution in [1.29, 1.82) is 0 Å². The molecule has 3 aromatic heterocycles. The molecule has 0 saturated carbocycles. The van der Waals surface area contributed by atoms with E-state index in [9.17, 15) is 14.4 Å². The van der Waals surface area contributed by atoms with E-state index in [0.717, 1.165) is 70.8 Å². The molecule has 2 aromatic carbocycles. The van der Waals surface area contributed by atoms with Crippen LogP contribution in [0.3, 0.4) is 0 Å². The van der Waals surface area contributed by atoms with E-state index < -0.39 is 18.2 Å². The Balaban J connectivity index is 0.997. The topological polar surface area (TPSA) is 184 Å². The van der Waals surface area contributed by atoms with E-state index >= 15 is 0 Å². The number of nitrogens with one attached hydrogen (secondary N) is 3. The second kappa shape index (κ2) is 17.9. The Morgan fingerprint density at radius 3 is 1.84 bits per heavy atom. The van der Waals surface area contributed by atoms with Crippen LogP contribution in [0.4, 0.5) is 4.79 Å². The Hall–Kier alpha value is -5.86. The van der Waals surface area contributed by atoms with Crippen molar-refractivity contribution in [1.82, 2.24) is 40.0 Å². The monoisotopic (exact) mass is 773 g/mol. The first-order valence-corrected chi connectivity index (χ1v) is 19.7. The smallest absolute Gasteiger partial charge is 0.405 e. The van der Waals surface area contributed by atoms with Gasteiger partial charge in [-0.15, -0.1) is 0 Å². The van der Waals surface area contributed by atoms with Gasteiger partial charge in [-0.1, -0.05) is 68.4 Å². The molecule has 2 saturated heterocycles. The van der Waals surface area contributed by atoms with Gasteiger partial charge in [0.05, 0.1) is 48.6 Å². The second-order valence-corrected chi connectivity index (χ2v) is 14.9. The first kappa shape index (κ1) is 39.4. The molecule has 14 heteroatoms. The Bertz CT molecular complexity index is 2120. The summed E-state index contributed by atoms with van der Waals surface area (Å²) in [6.45, 7) is 5.32. The number of hydrogen-bond donors (Lipinski definition) is 4. The molecule has 5 heterocycles. The summed E-state index contributed by atoms with van der Waals surface area (Å²) in [6, 6.07) is 21.5. The summed E-state index contributed by atoms with van der Waals surface area (Å²) in [7, 11) is 1.60. The number of H-pyrrole nitrogens is 2. The van der Waals surface area contributed by atoms with Crippen molar-refractivity contribution < 1.29 is 23.9 Å². The minimum absolute atomic E-state index is 0.0119. The summed E-state index contributed by atoms with van der Waals surface area (Å²) < 4.78 is 10.5. The van der Waals surface area contributed by atoms with Gasteiger partial charge >= 0.3 is 6.09 Å². The molecule has 14 nitrogen and oxygen atoms in total. The summed E-state index contributed by atoms with van der Waals surface area (Å²) in [6.07, 6.45) is 7.97. The first-order valence-electron chi connectivity index (χ1n) is 19.7. The van der Waals surface area contributed by atoms with Gasteiger partial charge in [0, 0.05) is 44.4 Å². The van der Waals surface area contributed by atoms with E-state index in [1.807, 2.05) is 43.1 Å². The number of carbonyl (C=O) groups excluding carboxylic acids is 3. The van der Waals surface area contributed by atoms with Crippen LogP contribution >= 0.6 is 0 Å². The van der Waals surface area contributed by atoms with Gasteiger partial charge in [-0.25, -0.2) is 14.8 Å². The van der Waals surface area contributed by atoms with E-state index in [1.54, 1.807) is 24.4 Å². The zero-order chi connectivity index (χ0) is 39.9. The average molecular weight is 774 g/mol. The number of aromatic amines is 2. The van der Waals surface area contributed by atoms with Crippen molar-refractivity contribution in [3.63, 3.8) is 0 Å². The van der Waals surface area contributed by atoms with E-state index in [-0.39, 0.29) is 36.5 Å². The molecule has 0 bridgehead atoms. The lowest BCUT2D eigenvalue weighted by Gasteiger charge is -2.29. The Kier molecular flexibility index (Phi) is 12.4.